The topological polar surface area (TPSA) is 49.0 Å². The largest absolute Gasteiger partial charge is 0.346 e. The van der Waals surface area contributed by atoms with Gasteiger partial charge in [-0.3, -0.25) is 9.69 Å². The van der Waals surface area contributed by atoms with E-state index in [1.54, 1.807) is 18.1 Å². The number of aromatic amines is 1. The second kappa shape index (κ2) is 4.37. The van der Waals surface area contributed by atoms with E-state index in [1.807, 2.05) is 18.3 Å². The number of aromatic nitrogens is 2. The molecular weight excluding hydrogens is 266 g/mol. The summed E-state index contributed by atoms with van der Waals surface area (Å²) in [4.78, 5) is 20.9. The molecular formula is C12H11N3OS2. The molecule has 0 bridgehead atoms. The fourth-order valence-electron chi connectivity index (χ4n) is 2.07. The predicted molar refractivity (Wildman–Crippen MR) is 76.5 cm³/mol. The Morgan fingerprint density at radius 1 is 1.61 bits per heavy atom. The molecule has 2 aromatic heterocycles. The first-order chi connectivity index (χ1) is 8.66. The third-order valence-electron chi connectivity index (χ3n) is 3.07. The summed E-state index contributed by atoms with van der Waals surface area (Å²) < 4.78 is 0.656. The van der Waals surface area contributed by atoms with Gasteiger partial charge in [0.05, 0.1) is 5.25 Å². The summed E-state index contributed by atoms with van der Waals surface area (Å²) in [5, 5.41) is 0.966. The third kappa shape index (κ3) is 1.81. The molecule has 0 aliphatic carbocycles. The number of thioether (sulfide) groups is 1. The molecule has 1 amide bonds. The zero-order chi connectivity index (χ0) is 12.7. The molecule has 92 valence electrons. The molecule has 1 unspecified atom stereocenters. The van der Waals surface area contributed by atoms with E-state index in [0.717, 1.165) is 16.6 Å². The van der Waals surface area contributed by atoms with Gasteiger partial charge in [-0.25, -0.2) is 4.98 Å². The van der Waals surface area contributed by atoms with Gasteiger partial charge in [-0.2, -0.15) is 0 Å². The first-order valence-electron chi connectivity index (χ1n) is 5.56. The van der Waals surface area contributed by atoms with Crippen LogP contribution in [-0.2, 0) is 11.2 Å². The van der Waals surface area contributed by atoms with Crippen LogP contribution in [0.5, 0.6) is 0 Å². The van der Waals surface area contributed by atoms with Gasteiger partial charge in [-0.15, -0.1) is 0 Å². The van der Waals surface area contributed by atoms with Crippen LogP contribution < -0.4 is 0 Å². The SMILES string of the molecule is CN1C(=O)C(Cc2c[nH]c3ncccc23)SC1=S. The molecule has 4 nitrogen and oxygen atoms in total. The summed E-state index contributed by atoms with van der Waals surface area (Å²) in [6.45, 7) is 0. The standard InChI is InChI=1S/C12H11N3OS2/c1-15-11(16)9(18-12(15)17)5-7-6-14-10-8(7)3-2-4-13-10/h2-4,6,9H,5H2,1H3,(H,13,14). The fraction of sp³-hybridized carbons (Fsp3) is 0.250. The minimum atomic E-state index is -0.110. The third-order valence-corrected chi connectivity index (χ3v) is 4.76. The zero-order valence-corrected chi connectivity index (χ0v) is 11.3. The van der Waals surface area contributed by atoms with Gasteiger partial charge in [-0.1, -0.05) is 24.0 Å². The van der Waals surface area contributed by atoms with Crippen molar-refractivity contribution in [2.75, 3.05) is 7.05 Å². The van der Waals surface area contributed by atoms with E-state index >= 15 is 0 Å². The van der Waals surface area contributed by atoms with Gasteiger partial charge < -0.3 is 4.98 Å². The van der Waals surface area contributed by atoms with Crippen LogP contribution in [0.3, 0.4) is 0 Å². The van der Waals surface area contributed by atoms with Crippen molar-refractivity contribution in [3.05, 3.63) is 30.1 Å². The highest BCUT2D eigenvalue weighted by atomic mass is 32.2. The van der Waals surface area contributed by atoms with Crippen LogP contribution in [0.2, 0.25) is 0 Å². The normalized spacial score (nSPS) is 20.1. The molecule has 1 aliphatic rings. The van der Waals surface area contributed by atoms with E-state index < -0.39 is 0 Å². The van der Waals surface area contributed by atoms with E-state index in [-0.39, 0.29) is 11.2 Å². The first kappa shape index (κ1) is 11.7. The lowest BCUT2D eigenvalue weighted by molar-refractivity contribution is -0.125. The maximum Gasteiger partial charge on any atom is 0.241 e. The summed E-state index contributed by atoms with van der Waals surface area (Å²) >= 11 is 6.60. The van der Waals surface area contributed by atoms with Gasteiger partial charge in [0, 0.05) is 24.8 Å². The summed E-state index contributed by atoms with van der Waals surface area (Å²) in [6, 6.07) is 3.92. The van der Waals surface area contributed by atoms with Crippen molar-refractivity contribution in [1.29, 1.82) is 0 Å². The molecule has 0 aromatic carbocycles. The number of nitrogens with one attached hydrogen (secondary N) is 1. The van der Waals surface area contributed by atoms with Crippen LogP contribution in [0.1, 0.15) is 5.56 Å². The molecule has 0 spiro atoms. The zero-order valence-electron chi connectivity index (χ0n) is 9.71. The number of H-pyrrole nitrogens is 1. The number of fused-ring (bicyclic) bond motifs is 1. The number of hydrogen-bond acceptors (Lipinski definition) is 4. The Bertz CT molecular complexity index is 637. The van der Waals surface area contributed by atoms with Crippen LogP contribution in [0, 0.1) is 0 Å². The number of hydrogen-bond donors (Lipinski definition) is 1. The second-order valence-electron chi connectivity index (χ2n) is 4.19. The smallest absolute Gasteiger partial charge is 0.241 e. The molecule has 6 heteroatoms. The lowest BCUT2D eigenvalue weighted by Gasteiger charge is -2.07. The summed E-state index contributed by atoms with van der Waals surface area (Å²) in [6.07, 6.45) is 4.35. The number of thiocarbonyl (C=S) groups is 1. The summed E-state index contributed by atoms with van der Waals surface area (Å²) in [5.74, 6) is 0.0863. The van der Waals surface area contributed by atoms with Crippen molar-refractivity contribution in [1.82, 2.24) is 14.9 Å². The highest BCUT2D eigenvalue weighted by Crippen LogP contribution is 2.30. The van der Waals surface area contributed by atoms with Crippen LogP contribution in [0.15, 0.2) is 24.5 Å². The molecule has 3 rings (SSSR count). The average Bonchev–Trinajstić information content (AvgIpc) is 2.89. The van der Waals surface area contributed by atoms with Gasteiger partial charge in [0.25, 0.3) is 0 Å². The van der Waals surface area contributed by atoms with Crippen molar-refractivity contribution >= 4 is 45.2 Å². The first-order valence-corrected chi connectivity index (χ1v) is 6.85. The van der Waals surface area contributed by atoms with Gasteiger partial charge in [0.1, 0.15) is 9.97 Å². The average molecular weight is 277 g/mol. The Kier molecular flexibility index (Phi) is 2.83. The monoisotopic (exact) mass is 277 g/mol. The molecule has 1 N–H and O–H groups in total. The van der Waals surface area contributed by atoms with Crippen LogP contribution in [0.4, 0.5) is 0 Å². The molecule has 1 saturated heterocycles. The van der Waals surface area contributed by atoms with Crippen molar-refractivity contribution in [2.24, 2.45) is 0 Å². The lowest BCUT2D eigenvalue weighted by atomic mass is 10.1. The maximum absolute atomic E-state index is 12.0. The maximum atomic E-state index is 12.0. The summed E-state index contributed by atoms with van der Waals surface area (Å²) in [7, 11) is 1.73. The lowest BCUT2D eigenvalue weighted by Crippen LogP contribution is -2.28. The quantitative estimate of drug-likeness (QED) is 0.853. The molecule has 3 heterocycles. The van der Waals surface area contributed by atoms with E-state index in [4.69, 9.17) is 12.2 Å². The van der Waals surface area contributed by atoms with Crippen molar-refractivity contribution in [3.8, 4) is 0 Å². The van der Waals surface area contributed by atoms with Crippen molar-refractivity contribution < 1.29 is 4.79 Å². The second-order valence-corrected chi connectivity index (χ2v) is 6.02. The van der Waals surface area contributed by atoms with Crippen LogP contribution >= 0.6 is 24.0 Å². The van der Waals surface area contributed by atoms with E-state index in [0.29, 0.717) is 10.7 Å². The van der Waals surface area contributed by atoms with Gasteiger partial charge in [0.15, 0.2) is 0 Å². The minimum absolute atomic E-state index is 0.0863. The van der Waals surface area contributed by atoms with E-state index in [9.17, 15) is 4.79 Å². The van der Waals surface area contributed by atoms with Crippen molar-refractivity contribution in [3.63, 3.8) is 0 Å². The molecule has 1 atom stereocenters. The highest BCUT2D eigenvalue weighted by Gasteiger charge is 2.34. The highest BCUT2D eigenvalue weighted by molar-refractivity contribution is 8.24. The van der Waals surface area contributed by atoms with Crippen LogP contribution in [-0.4, -0.2) is 37.4 Å². The number of rotatable bonds is 2. The number of pyridine rings is 1. The molecule has 0 radical (unpaired) electrons. The Morgan fingerprint density at radius 2 is 2.44 bits per heavy atom. The number of carbonyl (C=O) groups is 1. The predicted octanol–water partition coefficient (Wildman–Crippen LogP) is 1.96. The molecule has 2 aromatic rings. The number of nitrogens with zero attached hydrogens (tertiary/aromatic N) is 2. The number of carbonyl (C=O) groups excluding carboxylic acids is 1. The molecule has 18 heavy (non-hydrogen) atoms. The molecule has 1 aliphatic heterocycles. The Hall–Kier alpha value is -1.40. The van der Waals surface area contributed by atoms with E-state index in [1.165, 1.54) is 11.8 Å². The van der Waals surface area contributed by atoms with Gasteiger partial charge >= 0.3 is 0 Å². The van der Waals surface area contributed by atoms with Crippen LogP contribution in [0.25, 0.3) is 11.0 Å². The van der Waals surface area contributed by atoms with Gasteiger partial charge in [-0.05, 0) is 24.1 Å². The van der Waals surface area contributed by atoms with Crippen molar-refractivity contribution in [2.45, 2.75) is 11.7 Å². The Balaban J connectivity index is 1.89. The number of amides is 1. The Labute approximate surface area is 114 Å². The molecule has 1 fully saturated rings. The van der Waals surface area contributed by atoms with Gasteiger partial charge in [0.2, 0.25) is 5.91 Å². The van der Waals surface area contributed by atoms with E-state index in [2.05, 4.69) is 9.97 Å². The summed E-state index contributed by atoms with van der Waals surface area (Å²) in [5.41, 5.74) is 1.97. The minimum Gasteiger partial charge on any atom is -0.346 e. The molecule has 0 saturated carbocycles. The fourth-order valence-corrected chi connectivity index (χ4v) is 3.52. The Morgan fingerprint density at radius 3 is 3.17 bits per heavy atom.